The van der Waals surface area contributed by atoms with Gasteiger partial charge in [0, 0.05) is 12.6 Å². The predicted molar refractivity (Wildman–Crippen MR) is 75.0 cm³/mol. The highest BCUT2D eigenvalue weighted by molar-refractivity contribution is 5.28. The smallest absolute Gasteiger partial charge is 0.119 e. The highest BCUT2D eigenvalue weighted by atomic mass is 16.5. The Morgan fingerprint density at radius 2 is 2.22 bits per heavy atom. The maximum Gasteiger partial charge on any atom is 0.119 e. The molecule has 1 saturated heterocycles. The second kappa shape index (κ2) is 6.76. The Balaban J connectivity index is 1.94. The minimum Gasteiger partial charge on any atom is -0.497 e. The van der Waals surface area contributed by atoms with Crippen molar-refractivity contribution in [2.24, 2.45) is 0 Å². The lowest BCUT2D eigenvalue weighted by Gasteiger charge is -2.27. The van der Waals surface area contributed by atoms with E-state index in [2.05, 4.69) is 35.5 Å². The zero-order valence-corrected chi connectivity index (χ0v) is 11.5. The fraction of sp³-hybridized carbons (Fsp3) is 0.600. The van der Waals surface area contributed by atoms with Gasteiger partial charge in [-0.2, -0.15) is 0 Å². The van der Waals surface area contributed by atoms with Crippen LogP contribution in [0.25, 0.3) is 0 Å². The molecule has 1 fully saturated rings. The quantitative estimate of drug-likeness (QED) is 0.884. The van der Waals surface area contributed by atoms with Crippen LogP contribution in [0.1, 0.15) is 24.8 Å². The maximum atomic E-state index is 5.27. The number of methoxy groups -OCH3 is 1. The van der Waals surface area contributed by atoms with Crippen molar-refractivity contribution in [2.45, 2.75) is 31.8 Å². The molecule has 1 aliphatic heterocycles. The van der Waals surface area contributed by atoms with Gasteiger partial charge in [0.25, 0.3) is 0 Å². The summed E-state index contributed by atoms with van der Waals surface area (Å²) in [6.07, 6.45) is 3.83. The number of hydrogen-bond acceptors (Lipinski definition) is 3. The van der Waals surface area contributed by atoms with Crippen molar-refractivity contribution < 1.29 is 4.74 Å². The van der Waals surface area contributed by atoms with Crippen LogP contribution in [-0.4, -0.2) is 38.2 Å². The lowest BCUT2D eigenvalue weighted by molar-refractivity contribution is 0.216. The number of hydrogen-bond donors (Lipinski definition) is 1. The predicted octanol–water partition coefficient (Wildman–Crippen LogP) is 2.27. The molecule has 0 spiro atoms. The van der Waals surface area contributed by atoms with Gasteiger partial charge in [-0.25, -0.2) is 0 Å². The molecule has 1 aliphatic rings. The average Bonchev–Trinajstić information content (AvgIpc) is 2.68. The normalized spacial score (nSPS) is 20.7. The summed E-state index contributed by atoms with van der Waals surface area (Å²) in [5.74, 6) is 0.948. The second-order valence-electron chi connectivity index (χ2n) is 5.10. The topological polar surface area (TPSA) is 24.5 Å². The fourth-order valence-electron chi connectivity index (χ4n) is 2.63. The van der Waals surface area contributed by atoms with Gasteiger partial charge in [-0.3, -0.25) is 4.90 Å². The molecule has 3 heteroatoms. The Labute approximate surface area is 110 Å². The average molecular weight is 248 g/mol. The molecular formula is C15H24N2O. The Kier molecular flexibility index (Phi) is 5.02. The van der Waals surface area contributed by atoms with E-state index in [1.807, 2.05) is 6.07 Å². The molecule has 1 aromatic rings. The third kappa shape index (κ3) is 3.72. The Bertz CT molecular complexity index is 359. The SMILES string of the molecule is COc1cccc(CN(C)C2CCCNCC2)c1. The van der Waals surface area contributed by atoms with Gasteiger partial charge in [-0.15, -0.1) is 0 Å². The number of benzene rings is 1. The van der Waals surface area contributed by atoms with Crippen LogP contribution in [0, 0.1) is 0 Å². The van der Waals surface area contributed by atoms with Crippen molar-refractivity contribution in [3.05, 3.63) is 29.8 Å². The van der Waals surface area contributed by atoms with E-state index in [1.165, 1.54) is 31.4 Å². The van der Waals surface area contributed by atoms with Gasteiger partial charge in [0.1, 0.15) is 5.75 Å². The summed E-state index contributed by atoms with van der Waals surface area (Å²) in [5.41, 5.74) is 1.33. The van der Waals surface area contributed by atoms with Gasteiger partial charge < -0.3 is 10.1 Å². The Morgan fingerprint density at radius 1 is 1.33 bits per heavy atom. The van der Waals surface area contributed by atoms with Crippen LogP contribution in [0.5, 0.6) is 5.75 Å². The van der Waals surface area contributed by atoms with Gasteiger partial charge in [-0.1, -0.05) is 12.1 Å². The lowest BCUT2D eigenvalue weighted by Crippen LogP contribution is -2.31. The van der Waals surface area contributed by atoms with E-state index in [0.29, 0.717) is 6.04 Å². The third-order valence-electron chi connectivity index (χ3n) is 3.73. The third-order valence-corrected chi connectivity index (χ3v) is 3.73. The molecule has 100 valence electrons. The van der Waals surface area contributed by atoms with Crippen molar-refractivity contribution in [3.8, 4) is 5.75 Å². The van der Waals surface area contributed by atoms with Crippen molar-refractivity contribution in [1.29, 1.82) is 0 Å². The molecule has 1 unspecified atom stereocenters. The number of nitrogens with one attached hydrogen (secondary N) is 1. The molecule has 0 bridgehead atoms. The molecule has 3 nitrogen and oxygen atoms in total. The van der Waals surface area contributed by atoms with Crippen molar-refractivity contribution >= 4 is 0 Å². The first-order valence-electron chi connectivity index (χ1n) is 6.83. The number of nitrogens with zero attached hydrogens (tertiary/aromatic N) is 1. The minimum atomic E-state index is 0.700. The van der Waals surface area contributed by atoms with Crippen LogP contribution in [0.15, 0.2) is 24.3 Å². The molecular weight excluding hydrogens is 224 g/mol. The van der Waals surface area contributed by atoms with Crippen molar-refractivity contribution in [1.82, 2.24) is 10.2 Å². The van der Waals surface area contributed by atoms with Crippen LogP contribution < -0.4 is 10.1 Å². The summed E-state index contributed by atoms with van der Waals surface area (Å²) in [5, 5.41) is 3.47. The summed E-state index contributed by atoms with van der Waals surface area (Å²) in [6.45, 7) is 3.32. The van der Waals surface area contributed by atoms with E-state index < -0.39 is 0 Å². The van der Waals surface area contributed by atoms with Crippen molar-refractivity contribution in [3.63, 3.8) is 0 Å². The molecule has 0 saturated carbocycles. The molecule has 0 radical (unpaired) electrons. The molecule has 0 aliphatic carbocycles. The van der Waals surface area contributed by atoms with E-state index in [-0.39, 0.29) is 0 Å². The van der Waals surface area contributed by atoms with Gasteiger partial charge >= 0.3 is 0 Å². The minimum absolute atomic E-state index is 0.700. The first kappa shape index (κ1) is 13.4. The molecule has 0 amide bonds. The van der Waals surface area contributed by atoms with Crippen LogP contribution in [-0.2, 0) is 6.54 Å². The maximum absolute atomic E-state index is 5.27. The van der Waals surface area contributed by atoms with Crippen LogP contribution in [0.2, 0.25) is 0 Å². The van der Waals surface area contributed by atoms with E-state index in [1.54, 1.807) is 7.11 Å². The van der Waals surface area contributed by atoms with E-state index in [0.717, 1.165) is 18.8 Å². The van der Waals surface area contributed by atoms with Crippen LogP contribution in [0.4, 0.5) is 0 Å². The van der Waals surface area contributed by atoms with E-state index in [9.17, 15) is 0 Å². The highest BCUT2D eigenvalue weighted by Crippen LogP contribution is 2.18. The standard InChI is InChI=1S/C15H24N2O/c1-17(14-6-4-9-16-10-8-14)12-13-5-3-7-15(11-13)18-2/h3,5,7,11,14,16H,4,6,8-10,12H2,1-2H3. The summed E-state index contributed by atoms with van der Waals surface area (Å²) >= 11 is 0. The summed E-state index contributed by atoms with van der Waals surface area (Å²) < 4.78 is 5.27. The second-order valence-corrected chi connectivity index (χ2v) is 5.10. The van der Waals surface area contributed by atoms with Crippen LogP contribution >= 0.6 is 0 Å². The molecule has 1 N–H and O–H groups in total. The molecule has 0 aromatic heterocycles. The summed E-state index contributed by atoms with van der Waals surface area (Å²) in [4.78, 5) is 2.47. The largest absolute Gasteiger partial charge is 0.497 e. The molecule has 2 rings (SSSR count). The summed E-state index contributed by atoms with van der Waals surface area (Å²) in [6, 6.07) is 9.07. The first-order valence-corrected chi connectivity index (χ1v) is 6.83. The lowest BCUT2D eigenvalue weighted by atomic mass is 10.1. The highest BCUT2D eigenvalue weighted by Gasteiger charge is 2.16. The zero-order valence-electron chi connectivity index (χ0n) is 11.5. The molecule has 18 heavy (non-hydrogen) atoms. The monoisotopic (exact) mass is 248 g/mol. The molecule has 1 atom stereocenters. The zero-order chi connectivity index (χ0) is 12.8. The molecule has 1 aromatic carbocycles. The fourth-order valence-corrected chi connectivity index (χ4v) is 2.63. The van der Waals surface area contributed by atoms with E-state index >= 15 is 0 Å². The number of rotatable bonds is 4. The Morgan fingerprint density at radius 3 is 3.06 bits per heavy atom. The van der Waals surface area contributed by atoms with Crippen LogP contribution in [0.3, 0.4) is 0 Å². The van der Waals surface area contributed by atoms with Crippen molar-refractivity contribution in [2.75, 3.05) is 27.2 Å². The van der Waals surface area contributed by atoms with Gasteiger partial charge in [-0.05, 0) is 57.1 Å². The summed E-state index contributed by atoms with van der Waals surface area (Å²) in [7, 11) is 3.95. The number of ether oxygens (including phenoxy) is 1. The first-order chi connectivity index (χ1) is 8.79. The van der Waals surface area contributed by atoms with Gasteiger partial charge in [0.2, 0.25) is 0 Å². The Hall–Kier alpha value is -1.06. The van der Waals surface area contributed by atoms with E-state index in [4.69, 9.17) is 4.74 Å². The van der Waals surface area contributed by atoms with Gasteiger partial charge in [0.05, 0.1) is 7.11 Å². The van der Waals surface area contributed by atoms with Gasteiger partial charge in [0.15, 0.2) is 0 Å². The molecule has 1 heterocycles.